The molecule has 0 aliphatic rings. The minimum Gasteiger partial charge on any atom is -0.377 e. The fourth-order valence-corrected chi connectivity index (χ4v) is 2.13. The molecule has 0 amide bonds. The molecule has 0 aromatic heterocycles. The second kappa shape index (κ2) is 6.91. The van der Waals surface area contributed by atoms with Crippen molar-refractivity contribution in [3.63, 3.8) is 0 Å². The van der Waals surface area contributed by atoms with Crippen molar-refractivity contribution >= 4 is 0 Å². The number of aryl methyl sites for hydroxylation is 3. The van der Waals surface area contributed by atoms with E-state index in [1.165, 1.54) is 22.3 Å². The van der Waals surface area contributed by atoms with Crippen LogP contribution in [0.15, 0.2) is 12.1 Å². The first-order valence-corrected chi connectivity index (χ1v) is 6.84. The third kappa shape index (κ3) is 4.43. The standard InChI is InChI=1S/C16H27NO/c1-11(2)18-8-7-17-15(6)16-10-13(4)12(3)9-14(16)5/h9-11,15,17H,7-8H2,1-6H3. The summed E-state index contributed by atoms with van der Waals surface area (Å²) in [6, 6.07) is 4.94. The van der Waals surface area contributed by atoms with Gasteiger partial charge in [-0.05, 0) is 63.8 Å². The fourth-order valence-electron chi connectivity index (χ4n) is 2.13. The van der Waals surface area contributed by atoms with E-state index in [1.54, 1.807) is 0 Å². The molecule has 2 heteroatoms. The number of nitrogens with one attached hydrogen (secondary N) is 1. The summed E-state index contributed by atoms with van der Waals surface area (Å²) < 4.78 is 5.54. The molecule has 0 saturated heterocycles. The Balaban J connectivity index is 2.56. The smallest absolute Gasteiger partial charge is 0.0594 e. The average molecular weight is 249 g/mol. The highest BCUT2D eigenvalue weighted by Gasteiger charge is 2.09. The maximum atomic E-state index is 5.54. The SMILES string of the molecule is Cc1cc(C)c(C(C)NCCOC(C)C)cc1C. The van der Waals surface area contributed by atoms with Gasteiger partial charge in [-0.2, -0.15) is 0 Å². The van der Waals surface area contributed by atoms with Crippen LogP contribution >= 0.6 is 0 Å². The topological polar surface area (TPSA) is 21.3 Å². The quantitative estimate of drug-likeness (QED) is 0.776. The van der Waals surface area contributed by atoms with Crippen LogP contribution < -0.4 is 5.32 Å². The van der Waals surface area contributed by atoms with Crippen molar-refractivity contribution in [1.29, 1.82) is 0 Å². The van der Waals surface area contributed by atoms with Crippen molar-refractivity contribution in [3.8, 4) is 0 Å². The summed E-state index contributed by atoms with van der Waals surface area (Å²) in [5, 5.41) is 3.52. The third-order valence-electron chi connectivity index (χ3n) is 3.35. The minimum absolute atomic E-state index is 0.311. The van der Waals surface area contributed by atoms with Crippen molar-refractivity contribution in [2.45, 2.75) is 53.7 Å². The van der Waals surface area contributed by atoms with Gasteiger partial charge in [0.25, 0.3) is 0 Å². The molecule has 1 aromatic carbocycles. The second-order valence-corrected chi connectivity index (χ2v) is 5.39. The lowest BCUT2D eigenvalue weighted by Gasteiger charge is -2.19. The van der Waals surface area contributed by atoms with Gasteiger partial charge in [0.1, 0.15) is 0 Å². The molecular formula is C16H27NO. The highest BCUT2D eigenvalue weighted by molar-refractivity contribution is 5.37. The molecule has 1 N–H and O–H groups in total. The van der Waals surface area contributed by atoms with Crippen LogP contribution in [0.1, 0.15) is 49.1 Å². The summed E-state index contributed by atoms with van der Waals surface area (Å²) in [6.45, 7) is 14.5. The summed E-state index contributed by atoms with van der Waals surface area (Å²) >= 11 is 0. The summed E-state index contributed by atoms with van der Waals surface area (Å²) in [5.41, 5.74) is 5.49. The average Bonchev–Trinajstić information content (AvgIpc) is 2.28. The van der Waals surface area contributed by atoms with E-state index in [4.69, 9.17) is 4.74 Å². The van der Waals surface area contributed by atoms with Crippen LogP contribution in [-0.4, -0.2) is 19.3 Å². The molecular weight excluding hydrogens is 222 g/mol. The highest BCUT2D eigenvalue weighted by atomic mass is 16.5. The Hall–Kier alpha value is -0.860. The molecule has 2 nitrogen and oxygen atoms in total. The van der Waals surface area contributed by atoms with Gasteiger partial charge in [0.05, 0.1) is 12.7 Å². The van der Waals surface area contributed by atoms with Gasteiger partial charge in [0, 0.05) is 12.6 Å². The predicted molar refractivity (Wildman–Crippen MR) is 78.2 cm³/mol. The molecule has 0 bridgehead atoms. The Labute approximate surface area is 112 Å². The highest BCUT2D eigenvalue weighted by Crippen LogP contribution is 2.21. The Morgan fingerprint density at radius 1 is 1.00 bits per heavy atom. The number of hydrogen-bond acceptors (Lipinski definition) is 2. The zero-order valence-corrected chi connectivity index (χ0v) is 12.6. The van der Waals surface area contributed by atoms with E-state index in [1.807, 2.05) is 0 Å². The predicted octanol–water partition coefficient (Wildman–Crippen LogP) is 3.69. The first-order chi connectivity index (χ1) is 8.41. The maximum absolute atomic E-state index is 5.54. The van der Waals surface area contributed by atoms with E-state index in [-0.39, 0.29) is 0 Å². The second-order valence-electron chi connectivity index (χ2n) is 5.39. The molecule has 1 rings (SSSR count). The molecule has 0 aliphatic carbocycles. The lowest BCUT2D eigenvalue weighted by atomic mass is 9.96. The van der Waals surface area contributed by atoms with Gasteiger partial charge in [-0.25, -0.2) is 0 Å². The molecule has 18 heavy (non-hydrogen) atoms. The van der Waals surface area contributed by atoms with E-state index < -0.39 is 0 Å². The van der Waals surface area contributed by atoms with E-state index in [2.05, 4.69) is 59.0 Å². The Bertz CT molecular complexity index is 385. The molecule has 1 aromatic rings. The Morgan fingerprint density at radius 3 is 2.22 bits per heavy atom. The van der Waals surface area contributed by atoms with E-state index >= 15 is 0 Å². The third-order valence-corrected chi connectivity index (χ3v) is 3.35. The molecule has 102 valence electrons. The number of ether oxygens (including phenoxy) is 1. The van der Waals surface area contributed by atoms with Crippen LogP contribution in [-0.2, 0) is 4.74 Å². The van der Waals surface area contributed by atoms with Gasteiger partial charge in [-0.15, -0.1) is 0 Å². The van der Waals surface area contributed by atoms with Crippen molar-refractivity contribution in [2.75, 3.05) is 13.2 Å². The summed E-state index contributed by atoms with van der Waals surface area (Å²) in [6.07, 6.45) is 0.311. The lowest BCUT2D eigenvalue weighted by molar-refractivity contribution is 0.0796. The van der Waals surface area contributed by atoms with E-state index in [9.17, 15) is 0 Å². The zero-order valence-electron chi connectivity index (χ0n) is 12.6. The molecule has 1 unspecified atom stereocenters. The monoisotopic (exact) mass is 249 g/mol. The molecule has 1 atom stereocenters. The summed E-state index contributed by atoms with van der Waals surface area (Å²) in [4.78, 5) is 0. The Kier molecular flexibility index (Phi) is 5.83. The van der Waals surface area contributed by atoms with Crippen molar-refractivity contribution < 1.29 is 4.74 Å². The first-order valence-electron chi connectivity index (χ1n) is 6.84. The molecule has 0 saturated carbocycles. The van der Waals surface area contributed by atoms with Gasteiger partial charge < -0.3 is 10.1 Å². The van der Waals surface area contributed by atoms with Crippen LogP contribution in [0.2, 0.25) is 0 Å². The Morgan fingerprint density at radius 2 is 1.61 bits per heavy atom. The van der Waals surface area contributed by atoms with Crippen molar-refractivity contribution in [2.24, 2.45) is 0 Å². The van der Waals surface area contributed by atoms with Crippen LogP contribution in [0.5, 0.6) is 0 Å². The van der Waals surface area contributed by atoms with Crippen molar-refractivity contribution in [3.05, 3.63) is 34.4 Å². The minimum atomic E-state index is 0.311. The van der Waals surface area contributed by atoms with Gasteiger partial charge >= 0.3 is 0 Å². The van der Waals surface area contributed by atoms with Gasteiger partial charge in [0.2, 0.25) is 0 Å². The normalized spacial score (nSPS) is 13.1. The van der Waals surface area contributed by atoms with Crippen LogP contribution in [0, 0.1) is 20.8 Å². The van der Waals surface area contributed by atoms with Gasteiger partial charge in [0.15, 0.2) is 0 Å². The number of hydrogen-bond donors (Lipinski definition) is 1. The summed E-state index contributed by atoms with van der Waals surface area (Å²) in [5.74, 6) is 0. The van der Waals surface area contributed by atoms with E-state index in [0.717, 1.165) is 13.2 Å². The molecule has 0 radical (unpaired) electrons. The van der Waals surface area contributed by atoms with E-state index in [0.29, 0.717) is 12.1 Å². The maximum Gasteiger partial charge on any atom is 0.0594 e. The van der Waals surface area contributed by atoms with Gasteiger partial charge in [-0.3, -0.25) is 0 Å². The zero-order chi connectivity index (χ0) is 13.7. The molecule has 0 aliphatic heterocycles. The largest absolute Gasteiger partial charge is 0.377 e. The fraction of sp³-hybridized carbons (Fsp3) is 0.625. The van der Waals surface area contributed by atoms with Gasteiger partial charge in [-0.1, -0.05) is 12.1 Å². The molecule has 0 heterocycles. The van der Waals surface area contributed by atoms with Crippen LogP contribution in [0.4, 0.5) is 0 Å². The number of rotatable bonds is 6. The first kappa shape index (κ1) is 15.2. The van der Waals surface area contributed by atoms with Crippen LogP contribution in [0.25, 0.3) is 0 Å². The molecule has 0 spiro atoms. The molecule has 0 fully saturated rings. The number of benzene rings is 1. The summed E-state index contributed by atoms with van der Waals surface area (Å²) in [7, 11) is 0. The van der Waals surface area contributed by atoms with Crippen LogP contribution in [0.3, 0.4) is 0 Å². The van der Waals surface area contributed by atoms with Crippen molar-refractivity contribution in [1.82, 2.24) is 5.32 Å². The lowest BCUT2D eigenvalue weighted by Crippen LogP contribution is -2.25.